The van der Waals surface area contributed by atoms with Gasteiger partial charge in [0.05, 0.1) is 5.69 Å². The van der Waals surface area contributed by atoms with E-state index in [-0.39, 0.29) is 0 Å². The van der Waals surface area contributed by atoms with Crippen molar-refractivity contribution >= 4 is 11.6 Å². The van der Waals surface area contributed by atoms with Crippen LogP contribution >= 0.6 is 11.6 Å². The molecule has 0 aliphatic rings. The minimum Gasteiger partial charge on any atom is -0.337 e. The van der Waals surface area contributed by atoms with Gasteiger partial charge in [-0.05, 0) is 0 Å². The number of halogens is 1. The summed E-state index contributed by atoms with van der Waals surface area (Å²) in [5, 5.41) is 11.7. The van der Waals surface area contributed by atoms with Crippen molar-refractivity contribution in [2.24, 2.45) is 0 Å². The van der Waals surface area contributed by atoms with Crippen LogP contribution in [0.1, 0.15) is 24.3 Å². The van der Waals surface area contributed by atoms with Crippen LogP contribution in [-0.2, 0) is 19.4 Å². The van der Waals surface area contributed by atoms with E-state index in [0.717, 1.165) is 12.1 Å². The van der Waals surface area contributed by atoms with Gasteiger partial charge in [0, 0.05) is 24.9 Å². The summed E-state index contributed by atoms with van der Waals surface area (Å²) in [5.41, 5.74) is 0.866. The minimum absolute atomic E-state index is 0.447. The molecular weight excluding hydrogens is 230 g/mol. The molecule has 2 heterocycles. The number of rotatable bonds is 5. The van der Waals surface area contributed by atoms with Gasteiger partial charge in [-0.3, -0.25) is 0 Å². The molecule has 0 saturated heterocycles. The van der Waals surface area contributed by atoms with Gasteiger partial charge in [0.1, 0.15) is 6.54 Å². The molecule has 0 amide bonds. The van der Waals surface area contributed by atoms with Crippen LogP contribution in [-0.4, -0.2) is 31.0 Å². The standard InChI is InChI=1S/C9H12ClN5O/c1-2-8-11-9(16-13-8)6-15-5-7(3-4-10)12-14-15/h5H,2-4,6H2,1H3. The molecule has 7 heteroatoms. The lowest BCUT2D eigenvalue weighted by Crippen LogP contribution is -2.00. The Balaban J connectivity index is 2.02. The second-order valence-electron chi connectivity index (χ2n) is 3.30. The topological polar surface area (TPSA) is 69.6 Å². The van der Waals surface area contributed by atoms with Gasteiger partial charge in [0.25, 0.3) is 0 Å². The lowest BCUT2D eigenvalue weighted by Gasteiger charge is -1.92. The van der Waals surface area contributed by atoms with Crippen LogP contribution in [0.4, 0.5) is 0 Å². The molecular formula is C9H12ClN5O. The Bertz CT molecular complexity index is 452. The average Bonchev–Trinajstić information content (AvgIpc) is 2.89. The summed E-state index contributed by atoms with van der Waals surface area (Å²) in [7, 11) is 0. The Kier molecular flexibility index (Phi) is 3.51. The van der Waals surface area contributed by atoms with E-state index in [1.165, 1.54) is 0 Å². The zero-order chi connectivity index (χ0) is 11.4. The third-order valence-corrected chi connectivity index (χ3v) is 2.25. The first kappa shape index (κ1) is 11.1. The molecule has 2 aromatic rings. The summed E-state index contributed by atoms with van der Waals surface area (Å²) in [5.74, 6) is 1.79. The maximum Gasteiger partial charge on any atom is 0.248 e. The molecule has 86 valence electrons. The van der Waals surface area contributed by atoms with Gasteiger partial charge in [0.15, 0.2) is 5.82 Å². The van der Waals surface area contributed by atoms with Gasteiger partial charge in [-0.25, -0.2) is 4.68 Å². The monoisotopic (exact) mass is 241 g/mol. The van der Waals surface area contributed by atoms with E-state index in [1.54, 1.807) is 4.68 Å². The Hall–Kier alpha value is -1.43. The van der Waals surface area contributed by atoms with Gasteiger partial charge in [-0.2, -0.15) is 4.98 Å². The third-order valence-electron chi connectivity index (χ3n) is 2.06. The van der Waals surface area contributed by atoms with Crippen molar-refractivity contribution in [1.82, 2.24) is 25.1 Å². The highest BCUT2D eigenvalue weighted by Crippen LogP contribution is 2.02. The highest BCUT2D eigenvalue weighted by molar-refractivity contribution is 6.17. The zero-order valence-corrected chi connectivity index (χ0v) is 9.68. The molecule has 0 atom stereocenters. The normalized spacial score (nSPS) is 10.9. The summed E-state index contributed by atoms with van der Waals surface area (Å²) in [4.78, 5) is 4.19. The summed E-state index contributed by atoms with van der Waals surface area (Å²) in [6.07, 6.45) is 3.31. The van der Waals surface area contributed by atoms with Crippen LogP contribution in [0.3, 0.4) is 0 Å². The second-order valence-corrected chi connectivity index (χ2v) is 3.68. The number of nitrogens with zero attached hydrogens (tertiary/aromatic N) is 5. The fourth-order valence-corrected chi connectivity index (χ4v) is 1.46. The van der Waals surface area contributed by atoms with Crippen molar-refractivity contribution < 1.29 is 4.52 Å². The maximum atomic E-state index is 5.61. The summed E-state index contributed by atoms with van der Waals surface area (Å²) >= 11 is 5.61. The van der Waals surface area contributed by atoms with E-state index >= 15 is 0 Å². The highest BCUT2D eigenvalue weighted by Gasteiger charge is 2.07. The molecule has 16 heavy (non-hydrogen) atoms. The SMILES string of the molecule is CCc1noc(Cn2cc(CCCl)nn2)n1. The zero-order valence-electron chi connectivity index (χ0n) is 8.93. The molecule has 0 N–H and O–H groups in total. The van der Waals surface area contributed by atoms with Crippen LogP contribution in [0.5, 0.6) is 0 Å². The molecule has 0 aliphatic carbocycles. The molecule has 0 aliphatic heterocycles. The third kappa shape index (κ3) is 2.57. The van der Waals surface area contributed by atoms with Crippen LogP contribution in [0.25, 0.3) is 0 Å². The summed E-state index contributed by atoms with van der Waals surface area (Å²) in [6.45, 7) is 2.42. The van der Waals surface area contributed by atoms with E-state index in [9.17, 15) is 0 Å². The van der Waals surface area contributed by atoms with Crippen LogP contribution in [0.15, 0.2) is 10.7 Å². The van der Waals surface area contributed by atoms with E-state index < -0.39 is 0 Å². The molecule has 6 nitrogen and oxygen atoms in total. The molecule has 2 aromatic heterocycles. The van der Waals surface area contributed by atoms with Gasteiger partial charge >= 0.3 is 0 Å². The van der Waals surface area contributed by atoms with Crippen molar-refractivity contribution in [1.29, 1.82) is 0 Å². The van der Waals surface area contributed by atoms with Crippen molar-refractivity contribution in [3.63, 3.8) is 0 Å². The molecule has 2 rings (SSSR count). The Labute approximate surface area is 97.6 Å². The fourth-order valence-electron chi connectivity index (χ4n) is 1.26. The van der Waals surface area contributed by atoms with Gasteiger partial charge in [-0.15, -0.1) is 16.7 Å². The van der Waals surface area contributed by atoms with Crippen LogP contribution in [0.2, 0.25) is 0 Å². The second kappa shape index (κ2) is 5.07. The molecule has 0 saturated carbocycles. The Morgan fingerprint density at radius 2 is 2.38 bits per heavy atom. The van der Waals surface area contributed by atoms with Crippen LogP contribution < -0.4 is 0 Å². The molecule has 0 spiro atoms. The number of hydrogen-bond acceptors (Lipinski definition) is 5. The quantitative estimate of drug-likeness (QED) is 0.732. The van der Waals surface area contributed by atoms with Gasteiger partial charge in [-0.1, -0.05) is 17.3 Å². The maximum absolute atomic E-state index is 5.61. The van der Waals surface area contributed by atoms with E-state index in [0.29, 0.717) is 30.6 Å². The molecule has 0 bridgehead atoms. The van der Waals surface area contributed by atoms with E-state index in [4.69, 9.17) is 16.1 Å². The number of alkyl halides is 1. The first-order chi connectivity index (χ1) is 7.81. The van der Waals surface area contributed by atoms with Crippen LogP contribution in [0, 0.1) is 0 Å². The van der Waals surface area contributed by atoms with Crippen molar-refractivity contribution in [2.75, 3.05) is 5.88 Å². The average molecular weight is 242 g/mol. The lowest BCUT2D eigenvalue weighted by molar-refractivity contribution is 0.360. The van der Waals surface area contributed by atoms with Gasteiger partial charge < -0.3 is 4.52 Å². The lowest BCUT2D eigenvalue weighted by atomic mass is 10.4. The molecule has 0 unspecified atom stereocenters. The van der Waals surface area contributed by atoms with Gasteiger partial charge in [0.2, 0.25) is 5.89 Å². The van der Waals surface area contributed by atoms with Crippen molar-refractivity contribution in [3.8, 4) is 0 Å². The number of hydrogen-bond donors (Lipinski definition) is 0. The smallest absolute Gasteiger partial charge is 0.248 e. The summed E-state index contributed by atoms with van der Waals surface area (Å²) < 4.78 is 6.71. The fraction of sp³-hybridized carbons (Fsp3) is 0.556. The largest absolute Gasteiger partial charge is 0.337 e. The predicted molar refractivity (Wildman–Crippen MR) is 57.2 cm³/mol. The van der Waals surface area contributed by atoms with E-state index in [1.807, 2.05) is 13.1 Å². The number of aromatic nitrogens is 5. The molecule has 0 radical (unpaired) electrons. The summed E-state index contributed by atoms with van der Waals surface area (Å²) in [6, 6.07) is 0. The number of aryl methyl sites for hydroxylation is 2. The highest BCUT2D eigenvalue weighted by atomic mass is 35.5. The Morgan fingerprint density at radius 3 is 3.06 bits per heavy atom. The molecule has 0 aromatic carbocycles. The van der Waals surface area contributed by atoms with E-state index in [2.05, 4.69) is 20.5 Å². The van der Waals surface area contributed by atoms with Crippen molar-refractivity contribution in [3.05, 3.63) is 23.6 Å². The van der Waals surface area contributed by atoms with Crippen molar-refractivity contribution in [2.45, 2.75) is 26.3 Å². The Morgan fingerprint density at radius 1 is 1.50 bits per heavy atom. The molecule has 0 fully saturated rings. The minimum atomic E-state index is 0.447. The predicted octanol–water partition coefficient (Wildman–Crippen LogP) is 1.05. The first-order valence-corrected chi connectivity index (χ1v) is 5.61. The first-order valence-electron chi connectivity index (χ1n) is 5.08.